The summed E-state index contributed by atoms with van der Waals surface area (Å²) in [5.74, 6) is 0.363. The Morgan fingerprint density at radius 1 is 1.15 bits per heavy atom. The van der Waals surface area contributed by atoms with E-state index in [1.165, 1.54) is 0 Å². The maximum absolute atomic E-state index is 12.6. The molecule has 1 heterocycles. The zero-order chi connectivity index (χ0) is 18.6. The number of hydrazone groups is 1. The van der Waals surface area contributed by atoms with E-state index in [9.17, 15) is 9.59 Å². The minimum atomic E-state index is -0.294. The van der Waals surface area contributed by atoms with Gasteiger partial charge in [-0.15, -0.1) is 0 Å². The van der Waals surface area contributed by atoms with Crippen molar-refractivity contribution < 1.29 is 14.3 Å². The summed E-state index contributed by atoms with van der Waals surface area (Å²) in [6, 6.07) is 5.57. The lowest BCUT2D eigenvalue weighted by Gasteiger charge is -2.22. The molecule has 2 amide bonds. The van der Waals surface area contributed by atoms with Crippen LogP contribution in [0, 0.1) is 23.7 Å². The molecule has 0 radical (unpaired) electrons. The predicted octanol–water partition coefficient (Wildman–Crippen LogP) is 3.77. The molecule has 2 aliphatic carbocycles. The lowest BCUT2D eigenvalue weighted by molar-refractivity contribution is -0.140. The van der Waals surface area contributed by atoms with Gasteiger partial charge in [0.2, 0.25) is 0 Å². The molecule has 5 nitrogen and oxygen atoms in total. The summed E-state index contributed by atoms with van der Waals surface area (Å²) in [6.45, 7) is 5.95. The summed E-state index contributed by atoms with van der Waals surface area (Å²) in [7, 11) is 0. The highest BCUT2D eigenvalue weighted by Gasteiger charge is 2.59. The molecule has 1 aromatic carbocycles. The van der Waals surface area contributed by atoms with Crippen LogP contribution in [0.2, 0.25) is 0 Å². The summed E-state index contributed by atoms with van der Waals surface area (Å²) in [6.07, 6.45) is 6.63. The Kier molecular flexibility index (Phi) is 4.06. The van der Waals surface area contributed by atoms with E-state index in [2.05, 4.69) is 33.2 Å². The molecule has 1 saturated heterocycles. The van der Waals surface area contributed by atoms with Crippen LogP contribution in [-0.4, -0.2) is 28.6 Å². The number of imide groups is 1. The summed E-state index contributed by atoms with van der Waals surface area (Å²) >= 11 is 3.50. The zero-order valence-corrected chi connectivity index (χ0v) is 16.6. The molecule has 4 atom stereocenters. The Labute approximate surface area is 161 Å². The Morgan fingerprint density at radius 2 is 1.77 bits per heavy atom. The lowest BCUT2D eigenvalue weighted by atomic mass is 9.85. The molecule has 1 aromatic rings. The van der Waals surface area contributed by atoms with Gasteiger partial charge in [-0.3, -0.25) is 9.59 Å². The maximum atomic E-state index is 12.6. The van der Waals surface area contributed by atoms with Gasteiger partial charge in [0, 0.05) is 0 Å². The predicted molar refractivity (Wildman–Crippen MR) is 102 cm³/mol. The van der Waals surface area contributed by atoms with Gasteiger partial charge in [0.15, 0.2) is 0 Å². The van der Waals surface area contributed by atoms with Crippen LogP contribution in [0.1, 0.15) is 32.8 Å². The maximum Gasteiger partial charge on any atom is 0.254 e. The molecule has 2 fully saturated rings. The highest BCUT2D eigenvalue weighted by molar-refractivity contribution is 9.10. The molecular weight excluding hydrogens is 396 g/mol. The number of amides is 2. The number of carbonyl (C=O) groups is 2. The number of benzene rings is 1. The number of halogens is 1. The lowest BCUT2D eigenvalue weighted by Crippen LogP contribution is -2.28. The van der Waals surface area contributed by atoms with Crippen molar-refractivity contribution in [2.45, 2.75) is 32.8 Å². The van der Waals surface area contributed by atoms with Crippen LogP contribution in [0.4, 0.5) is 0 Å². The number of rotatable bonds is 3. The number of ether oxygens (including phenoxy) is 1. The summed E-state index contributed by atoms with van der Waals surface area (Å²) in [5, 5.41) is 5.26. The van der Waals surface area contributed by atoms with Crippen LogP contribution in [0.5, 0.6) is 5.75 Å². The average Bonchev–Trinajstić information content (AvgIpc) is 3.22. The number of nitrogens with zero attached hydrogens (tertiary/aromatic N) is 2. The molecule has 0 aromatic heterocycles. The Morgan fingerprint density at radius 3 is 2.31 bits per heavy atom. The van der Waals surface area contributed by atoms with Gasteiger partial charge in [-0.05, 0) is 78.7 Å². The first-order chi connectivity index (χ1) is 12.2. The average molecular weight is 417 g/mol. The first kappa shape index (κ1) is 17.5. The number of carbonyl (C=O) groups excluding carboxylic acids is 2. The normalized spacial score (nSPS) is 29.9. The number of hydrogen-bond donors (Lipinski definition) is 0. The molecule has 2 bridgehead atoms. The summed E-state index contributed by atoms with van der Waals surface area (Å²) < 4.78 is 6.66. The minimum absolute atomic E-state index is 0.167. The van der Waals surface area contributed by atoms with Crippen LogP contribution >= 0.6 is 15.9 Å². The van der Waals surface area contributed by atoms with Gasteiger partial charge in [-0.2, -0.15) is 10.1 Å². The smallest absolute Gasteiger partial charge is 0.254 e. The second-order valence-corrected chi connectivity index (χ2v) is 8.99. The quantitative estimate of drug-likeness (QED) is 0.428. The monoisotopic (exact) mass is 416 g/mol. The summed E-state index contributed by atoms with van der Waals surface area (Å²) in [5.41, 5.74) is 0.495. The molecule has 3 aliphatic rings. The van der Waals surface area contributed by atoms with Crippen molar-refractivity contribution in [2.75, 3.05) is 0 Å². The first-order valence-electron chi connectivity index (χ1n) is 8.83. The van der Waals surface area contributed by atoms with E-state index in [-0.39, 0.29) is 41.1 Å². The van der Waals surface area contributed by atoms with Gasteiger partial charge in [0.05, 0.1) is 22.5 Å². The van der Waals surface area contributed by atoms with Crippen molar-refractivity contribution in [1.29, 1.82) is 0 Å². The van der Waals surface area contributed by atoms with E-state index in [0.29, 0.717) is 0 Å². The Hall–Kier alpha value is -1.95. The van der Waals surface area contributed by atoms with Gasteiger partial charge in [0.1, 0.15) is 11.4 Å². The number of fused-ring (bicyclic) bond motifs is 5. The van der Waals surface area contributed by atoms with Gasteiger partial charge < -0.3 is 4.74 Å². The van der Waals surface area contributed by atoms with Gasteiger partial charge in [-0.1, -0.05) is 12.2 Å². The van der Waals surface area contributed by atoms with E-state index in [1.807, 2.05) is 39.0 Å². The van der Waals surface area contributed by atoms with Gasteiger partial charge >= 0.3 is 0 Å². The van der Waals surface area contributed by atoms with Gasteiger partial charge in [-0.25, -0.2) is 0 Å². The Bertz CT molecular complexity index is 810. The topological polar surface area (TPSA) is 59.0 Å². The SMILES string of the molecule is CC(C)(C)Oc1ccc(C=NN2C(=O)C3C4C=CC(C4)C3C2=O)cc1Br. The second kappa shape index (κ2) is 6.05. The molecular formula is C20H21BrN2O3. The zero-order valence-electron chi connectivity index (χ0n) is 15.0. The fourth-order valence-corrected chi connectivity index (χ4v) is 4.61. The number of allylic oxidation sites excluding steroid dienone is 2. The molecule has 0 N–H and O–H groups in total. The second-order valence-electron chi connectivity index (χ2n) is 8.14. The molecule has 26 heavy (non-hydrogen) atoms. The van der Waals surface area contributed by atoms with Crippen LogP contribution in [0.25, 0.3) is 0 Å². The largest absolute Gasteiger partial charge is 0.487 e. The fourth-order valence-electron chi connectivity index (χ4n) is 4.13. The molecule has 1 saturated carbocycles. The van der Waals surface area contributed by atoms with E-state index in [1.54, 1.807) is 6.21 Å². The van der Waals surface area contributed by atoms with E-state index >= 15 is 0 Å². The van der Waals surface area contributed by atoms with Crippen molar-refractivity contribution in [1.82, 2.24) is 5.01 Å². The highest BCUT2D eigenvalue weighted by Crippen LogP contribution is 2.52. The van der Waals surface area contributed by atoms with E-state index < -0.39 is 0 Å². The van der Waals surface area contributed by atoms with Crippen molar-refractivity contribution in [2.24, 2.45) is 28.8 Å². The van der Waals surface area contributed by atoms with Crippen LogP contribution in [0.3, 0.4) is 0 Å². The van der Waals surface area contributed by atoms with Crippen molar-refractivity contribution >= 4 is 34.0 Å². The van der Waals surface area contributed by atoms with Crippen LogP contribution in [0.15, 0.2) is 39.9 Å². The summed E-state index contributed by atoms with van der Waals surface area (Å²) in [4.78, 5) is 25.2. The molecule has 1 aliphatic heterocycles. The first-order valence-corrected chi connectivity index (χ1v) is 9.62. The van der Waals surface area contributed by atoms with Crippen LogP contribution in [-0.2, 0) is 9.59 Å². The van der Waals surface area contributed by atoms with Crippen molar-refractivity contribution in [3.63, 3.8) is 0 Å². The Balaban J connectivity index is 1.51. The third-order valence-corrected chi connectivity index (χ3v) is 5.76. The third-order valence-electron chi connectivity index (χ3n) is 5.14. The molecule has 4 rings (SSSR count). The molecule has 4 unspecified atom stereocenters. The van der Waals surface area contributed by atoms with Crippen molar-refractivity contribution in [3.8, 4) is 5.75 Å². The van der Waals surface area contributed by atoms with Crippen LogP contribution < -0.4 is 4.74 Å². The van der Waals surface area contributed by atoms with Crippen molar-refractivity contribution in [3.05, 3.63) is 40.4 Å². The third kappa shape index (κ3) is 2.90. The molecule has 136 valence electrons. The fraction of sp³-hybridized carbons (Fsp3) is 0.450. The van der Waals surface area contributed by atoms with E-state index in [4.69, 9.17) is 4.74 Å². The highest BCUT2D eigenvalue weighted by atomic mass is 79.9. The molecule has 0 spiro atoms. The molecule has 6 heteroatoms. The van der Waals surface area contributed by atoms with E-state index in [0.717, 1.165) is 27.2 Å². The minimum Gasteiger partial charge on any atom is -0.487 e. The standard InChI is InChI=1S/C20H21BrN2O3/c1-20(2,3)26-15-7-4-11(8-14(15)21)10-22-23-18(24)16-12-5-6-13(9-12)17(16)19(23)25/h4-8,10,12-13,16-17H,9H2,1-3H3. The van der Waals surface area contributed by atoms with Gasteiger partial charge in [0.25, 0.3) is 11.8 Å². The number of hydrogen-bond acceptors (Lipinski definition) is 4.